The molecule has 3 nitrogen and oxygen atoms in total. The molecule has 0 bridgehead atoms. The van der Waals surface area contributed by atoms with Crippen LogP contribution in [0, 0.1) is 6.92 Å². The average Bonchev–Trinajstić information content (AvgIpc) is 2.90. The van der Waals surface area contributed by atoms with Gasteiger partial charge in [0, 0.05) is 25.2 Å². The number of alkyl halides is 1. The highest BCUT2D eigenvalue weighted by Gasteiger charge is 2.26. The van der Waals surface area contributed by atoms with Crippen LogP contribution in [0.2, 0.25) is 0 Å². The molecule has 0 saturated heterocycles. The Morgan fingerprint density at radius 3 is 2.59 bits per heavy atom. The van der Waals surface area contributed by atoms with Gasteiger partial charge in [0.15, 0.2) is 0 Å². The van der Waals surface area contributed by atoms with Crippen LogP contribution in [0.15, 0.2) is 0 Å². The largest absolute Gasteiger partial charge is 0.354 e. The first kappa shape index (κ1) is 12.7. The molecule has 0 N–H and O–H groups in total. The number of aromatic nitrogens is 2. The maximum atomic E-state index is 6.08. The number of halogens is 1. The molecule has 1 aromatic heterocycles. The van der Waals surface area contributed by atoms with Crippen molar-refractivity contribution in [1.82, 2.24) is 9.78 Å². The maximum Gasteiger partial charge on any atom is 0.131 e. The van der Waals surface area contributed by atoms with E-state index in [1.807, 2.05) is 18.7 Å². The van der Waals surface area contributed by atoms with E-state index in [2.05, 4.69) is 16.9 Å². The van der Waals surface area contributed by atoms with Crippen LogP contribution in [0.3, 0.4) is 0 Å². The summed E-state index contributed by atoms with van der Waals surface area (Å²) < 4.78 is 1.99. The molecule has 4 heteroatoms. The van der Waals surface area contributed by atoms with E-state index in [0.717, 1.165) is 12.2 Å². The highest BCUT2D eigenvalue weighted by atomic mass is 35.5. The summed E-state index contributed by atoms with van der Waals surface area (Å²) in [6.45, 7) is 5.30. The highest BCUT2D eigenvalue weighted by molar-refractivity contribution is 6.17. The zero-order valence-electron chi connectivity index (χ0n) is 11.0. The van der Waals surface area contributed by atoms with Crippen molar-refractivity contribution in [3.63, 3.8) is 0 Å². The normalized spacial score (nSPS) is 16.7. The second-order valence-electron chi connectivity index (χ2n) is 4.87. The summed E-state index contributed by atoms with van der Waals surface area (Å²) in [5.74, 6) is 1.78. The van der Waals surface area contributed by atoms with Crippen molar-refractivity contribution in [3.05, 3.63) is 11.3 Å². The van der Waals surface area contributed by atoms with Gasteiger partial charge in [-0.1, -0.05) is 12.8 Å². The fourth-order valence-corrected chi connectivity index (χ4v) is 3.32. The van der Waals surface area contributed by atoms with E-state index in [4.69, 9.17) is 11.6 Å². The van der Waals surface area contributed by atoms with Crippen molar-refractivity contribution in [2.45, 2.75) is 51.5 Å². The molecular formula is C13H22ClN3. The Kier molecular flexibility index (Phi) is 3.97. The third-order valence-electron chi connectivity index (χ3n) is 3.83. The summed E-state index contributed by atoms with van der Waals surface area (Å²) in [7, 11) is 2.02. The van der Waals surface area contributed by atoms with Gasteiger partial charge >= 0.3 is 0 Å². The minimum Gasteiger partial charge on any atom is -0.354 e. The lowest BCUT2D eigenvalue weighted by atomic mass is 10.2. The minimum atomic E-state index is 0.554. The van der Waals surface area contributed by atoms with E-state index in [0.29, 0.717) is 11.9 Å². The third kappa shape index (κ3) is 2.30. The molecule has 0 aromatic carbocycles. The maximum absolute atomic E-state index is 6.08. The van der Waals surface area contributed by atoms with Gasteiger partial charge in [-0.25, -0.2) is 0 Å². The van der Waals surface area contributed by atoms with Crippen LogP contribution in [-0.2, 0) is 12.9 Å². The lowest BCUT2D eigenvalue weighted by Crippen LogP contribution is -2.35. The highest BCUT2D eigenvalue weighted by Crippen LogP contribution is 2.32. The Balaban J connectivity index is 2.35. The van der Waals surface area contributed by atoms with Crippen molar-refractivity contribution in [1.29, 1.82) is 0 Å². The summed E-state index contributed by atoms with van der Waals surface area (Å²) in [6.07, 6.45) is 5.32. The van der Waals surface area contributed by atoms with Gasteiger partial charge in [-0.15, -0.1) is 11.6 Å². The number of rotatable bonds is 4. The number of nitrogens with zero attached hydrogens (tertiary/aromatic N) is 3. The van der Waals surface area contributed by atoms with Crippen LogP contribution in [-0.4, -0.2) is 22.4 Å². The fourth-order valence-electron chi connectivity index (χ4n) is 3.00. The van der Waals surface area contributed by atoms with Gasteiger partial charge in [-0.05, 0) is 26.7 Å². The molecule has 0 spiro atoms. The second-order valence-corrected chi connectivity index (χ2v) is 5.14. The lowest BCUT2D eigenvalue weighted by molar-refractivity contribution is 0.590. The van der Waals surface area contributed by atoms with Gasteiger partial charge in [-0.3, -0.25) is 4.68 Å². The van der Waals surface area contributed by atoms with Crippen molar-refractivity contribution < 1.29 is 0 Å². The SMILES string of the molecule is CCN(c1c(CCl)c(C)nn1C)C1CCCC1. The number of anilines is 1. The van der Waals surface area contributed by atoms with E-state index in [1.165, 1.54) is 37.1 Å². The fraction of sp³-hybridized carbons (Fsp3) is 0.769. The topological polar surface area (TPSA) is 21.1 Å². The number of hydrogen-bond donors (Lipinski definition) is 0. The molecule has 0 aliphatic heterocycles. The van der Waals surface area contributed by atoms with E-state index in [9.17, 15) is 0 Å². The molecule has 0 atom stereocenters. The van der Waals surface area contributed by atoms with Crippen molar-refractivity contribution >= 4 is 17.4 Å². The van der Waals surface area contributed by atoms with Gasteiger partial charge in [0.05, 0.1) is 11.6 Å². The Hall–Kier alpha value is -0.700. The van der Waals surface area contributed by atoms with Crippen molar-refractivity contribution in [2.24, 2.45) is 7.05 Å². The molecule has 0 radical (unpaired) electrons. The van der Waals surface area contributed by atoms with E-state index in [-0.39, 0.29) is 0 Å². The van der Waals surface area contributed by atoms with Gasteiger partial charge in [0.1, 0.15) is 5.82 Å². The Morgan fingerprint density at radius 1 is 1.41 bits per heavy atom. The first-order valence-electron chi connectivity index (χ1n) is 6.54. The first-order valence-corrected chi connectivity index (χ1v) is 7.07. The molecule has 17 heavy (non-hydrogen) atoms. The summed E-state index contributed by atoms with van der Waals surface area (Å²) >= 11 is 6.08. The first-order chi connectivity index (χ1) is 8.19. The van der Waals surface area contributed by atoms with Crippen LogP contribution >= 0.6 is 11.6 Å². The zero-order chi connectivity index (χ0) is 12.4. The predicted molar refractivity (Wildman–Crippen MR) is 72.8 cm³/mol. The van der Waals surface area contributed by atoms with Crippen LogP contribution in [0.5, 0.6) is 0 Å². The Morgan fingerprint density at radius 2 is 2.06 bits per heavy atom. The smallest absolute Gasteiger partial charge is 0.131 e. The summed E-state index contributed by atoms with van der Waals surface area (Å²) in [6, 6.07) is 0.678. The molecule has 1 fully saturated rings. The van der Waals surface area contributed by atoms with Gasteiger partial charge in [0.25, 0.3) is 0 Å². The zero-order valence-corrected chi connectivity index (χ0v) is 11.8. The van der Waals surface area contributed by atoms with E-state index < -0.39 is 0 Å². The van der Waals surface area contributed by atoms with Crippen LogP contribution in [0.25, 0.3) is 0 Å². The quantitative estimate of drug-likeness (QED) is 0.771. The molecule has 1 aliphatic carbocycles. The molecule has 1 aromatic rings. The van der Waals surface area contributed by atoms with Crippen LogP contribution < -0.4 is 4.90 Å². The third-order valence-corrected chi connectivity index (χ3v) is 4.09. The predicted octanol–water partition coefficient (Wildman–Crippen LogP) is 3.24. The summed E-state index contributed by atoms with van der Waals surface area (Å²) in [5, 5.41) is 4.51. The molecule has 0 amide bonds. The van der Waals surface area contributed by atoms with Crippen molar-refractivity contribution in [2.75, 3.05) is 11.4 Å². The summed E-state index contributed by atoms with van der Waals surface area (Å²) in [5.41, 5.74) is 2.26. The monoisotopic (exact) mass is 255 g/mol. The van der Waals surface area contributed by atoms with Gasteiger partial charge in [-0.2, -0.15) is 5.10 Å². The van der Waals surface area contributed by atoms with Crippen LogP contribution in [0.4, 0.5) is 5.82 Å². The molecule has 1 saturated carbocycles. The number of hydrogen-bond acceptors (Lipinski definition) is 2. The van der Waals surface area contributed by atoms with E-state index >= 15 is 0 Å². The molecular weight excluding hydrogens is 234 g/mol. The standard InChI is InChI=1S/C13H22ClN3/c1-4-17(11-7-5-6-8-11)13-12(9-14)10(2)15-16(13)3/h11H,4-9H2,1-3H3. The van der Waals surface area contributed by atoms with Crippen molar-refractivity contribution in [3.8, 4) is 0 Å². The Labute approximate surface area is 109 Å². The van der Waals surface area contributed by atoms with Crippen LogP contribution in [0.1, 0.15) is 43.9 Å². The number of aryl methyl sites for hydroxylation is 2. The second kappa shape index (κ2) is 5.30. The molecule has 0 unspecified atom stereocenters. The Bertz CT molecular complexity index is 380. The van der Waals surface area contributed by atoms with E-state index in [1.54, 1.807) is 0 Å². The molecule has 96 valence electrons. The minimum absolute atomic E-state index is 0.554. The molecule has 1 aliphatic rings. The molecule has 1 heterocycles. The summed E-state index contributed by atoms with van der Waals surface area (Å²) in [4.78, 5) is 2.49. The average molecular weight is 256 g/mol. The molecule has 2 rings (SSSR count). The lowest BCUT2D eigenvalue weighted by Gasteiger charge is -2.30. The van der Waals surface area contributed by atoms with Gasteiger partial charge in [0.2, 0.25) is 0 Å². The van der Waals surface area contributed by atoms with Gasteiger partial charge < -0.3 is 4.90 Å².